The molecule has 2 N–H and O–H groups in total. The van der Waals surface area contributed by atoms with E-state index in [0.29, 0.717) is 17.9 Å². The Morgan fingerprint density at radius 2 is 1.65 bits per heavy atom. The predicted octanol–water partition coefficient (Wildman–Crippen LogP) is 3.70. The van der Waals surface area contributed by atoms with Crippen molar-refractivity contribution >= 4 is 22.4 Å². The van der Waals surface area contributed by atoms with Crippen LogP contribution in [0.2, 0.25) is 0 Å². The number of aromatic hydroxyl groups is 1. The highest BCUT2D eigenvalue weighted by Gasteiger charge is 2.06. The molecule has 2 rings (SSSR count). The molecule has 0 aliphatic rings. The maximum absolute atomic E-state index is 12.0. The summed E-state index contributed by atoms with van der Waals surface area (Å²) in [5.41, 5.74) is 0.433. The molecule has 4 nitrogen and oxygen atoms in total. The predicted molar refractivity (Wildman–Crippen MR) is 92.9 cm³/mol. The van der Waals surface area contributed by atoms with Crippen molar-refractivity contribution in [3.05, 3.63) is 54.6 Å². The number of anilines is 1. The maximum Gasteiger partial charge on any atom is 0.224 e. The first-order chi connectivity index (χ1) is 11.2. The molecule has 0 fully saturated rings. The van der Waals surface area contributed by atoms with Crippen LogP contribution in [-0.4, -0.2) is 21.0 Å². The van der Waals surface area contributed by atoms with Gasteiger partial charge in [-0.2, -0.15) is 0 Å². The lowest BCUT2D eigenvalue weighted by Crippen LogP contribution is -2.11. The lowest BCUT2D eigenvalue weighted by Gasteiger charge is -2.07. The molecule has 0 saturated carbocycles. The van der Waals surface area contributed by atoms with Gasteiger partial charge in [-0.15, -0.1) is 0 Å². The van der Waals surface area contributed by atoms with Crippen molar-refractivity contribution in [1.29, 1.82) is 0 Å². The number of hydrogen-bond acceptors (Lipinski definition) is 3. The topological polar surface area (TPSA) is 66.4 Å². The summed E-state index contributed by atoms with van der Waals surface area (Å²) >= 11 is 0. The van der Waals surface area contributed by atoms with Gasteiger partial charge in [0.15, 0.2) is 0 Å². The van der Waals surface area contributed by atoms with Crippen molar-refractivity contribution in [2.45, 2.75) is 30.6 Å². The molecule has 2 aromatic rings. The molecule has 1 amide bonds. The number of carbonyl (C=O) groups excluding carboxylic acids is 1. The summed E-state index contributed by atoms with van der Waals surface area (Å²) in [6.07, 6.45) is 2.82. The number of hydrogen-bond donors (Lipinski definition) is 2. The van der Waals surface area contributed by atoms with Crippen LogP contribution >= 0.6 is 0 Å². The maximum atomic E-state index is 12.0. The fourth-order valence-electron chi connectivity index (χ4n) is 2.18. The second kappa shape index (κ2) is 9.10. The summed E-state index contributed by atoms with van der Waals surface area (Å²) in [7, 11) is -0.966. The minimum Gasteiger partial charge on any atom is -0.506 e. The van der Waals surface area contributed by atoms with E-state index in [1.165, 1.54) is 6.07 Å². The lowest BCUT2D eigenvalue weighted by molar-refractivity contribution is -0.116. The standard InChI is InChI=1S/C18H21NO3S/c20-17-12-7-6-11-16(17)19-18(21)13-5-2-8-14-23(22)15-9-3-1-4-10-15/h1,3-4,6-7,9-12,20H,2,5,8,13-14H2,(H,19,21). The number of phenols is 1. The first kappa shape index (κ1) is 17.2. The Kier molecular flexibility index (Phi) is 6.81. The quantitative estimate of drug-likeness (QED) is 0.572. The van der Waals surface area contributed by atoms with E-state index in [1.54, 1.807) is 18.2 Å². The second-order valence-electron chi connectivity index (χ2n) is 5.24. The number of para-hydroxylation sites is 2. The van der Waals surface area contributed by atoms with E-state index >= 15 is 0 Å². The van der Waals surface area contributed by atoms with Gasteiger partial charge < -0.3 is 10.4 Å². The zero-order valence-corrected chi connectivity index (χ0v) is 13.7. The van der Waals surface area contributed by atoms with Gasteiger partial charge in [-0.25, -0.2) is 0 Å². The Morgan fingerprint density at radius 1 is 0.957 bits per heavy atom. The smallest absolute Gasteiger partial charge is 0.224 e. The van der Waals surface area contributed by atoms with Gasteiger partial charge in [-0.3, -0.25) is 9.00 Å². The van der Waals surface area contributed by atoms with Crippen LogP contribution in [0.4, 0.5) is 5.69 Å². The van der Waals surface area contributed by atoms with Gasteiger partial charge in [0.05, 0.1) is 16.5 Å². The molecule has 0 bridgehead atoms. The van der Waals surface area contributed by atoms with Gasteiger partial charge in [0, 0.05) is 17.1 Å². The van der Waals surface area contributed by atoms with Crippen LogP contribution in [0.25, 0.3) is 0 Å². The number of benzene rings is 2. The van der Waals surface area contributed by atoms with Gasteiger partial charge in [-0.1, -0.05) is 36.8 Å². The highest BCUT2D eigenvalue weighted by atomic mass is 32.2. The van der Waals surface area contributed by atoms with E-state index in [9.17, 15) is 14.1 Å². The van der Waals surface area contributed by atoms with Crippen molar-refractivity contribution < 1.29 is 14.1 Å². The average molecular weight is 331 g/mol. The molecule has 23 heavy (non-hydrogen) atoms. The van der Waals surface area contributed by atoms with Crippen molar-refractivity contribution in [3.8, 4) is 5.75 Å². The summed E-state index contributed by atoms with van der Waals surface area (Å²) in [5.74, 6) is 0.570. The molecule has 0 aliphatic carbocycles. The monoisotopic (exact) mass is 331 g/mol. The van der Waals surface area contributed by atoms with E-state index in [2.05, 4.69) is 5.32 Å². The molecule has 122 valence electrons. The summed E-state index contributed by atoms with van der Waals surface area (Å²) in [5, 5.41) is 12.3. The number of carbonyl (C=O) groups is 1. The Labute approximate surface area is 139 Å². The largest absolute Gasteiger partial charge is 0.506 e. The van der Waals surface area contributed by atoms with Gasteiger partial charge in [-0.05, 0) is 37.1 Å². The molecule has 0 aliphatic heterocycles. The third-order valence-corrected chi connectivity index (χ3v) is 4.88. The number of unbranched alkanes of at least 4 members (excludes halogenated alkanes) is 2. The van der Waals surface area contributed by atoms with Crippen LogP contribution in [0.1, 0.15) is 25.7 Å². The fraction of sp³-hybridized carbons (Fsp3) is 0.278. The summed E-state index contributed by atoms with van der Waals surface area (Å²) in [6, 6.07) is 16.1. The van der Waals surface area contributed by atoms with E-state index in [0.717, 1.165) is 24.2 Å². The van der Waals surface area contributed by atoms with Gasteiger partial charge >= 0.3 is 0 Å². The minimum atomic E-state index is -0.966. The summed E-state index contributed by atoms with van der Waals surface area (Å²) in [6.45, 7) is 0. The van der Waals surface area contributed by atoms with Gasteiger partial charge in [0.25, 0.3) is 0 Å². The molecule has 0 saturated heterocycles. The molecule has 1 atom stereocenters. The van der Waals surface area contributed by atoms with Crippen LogP contribution in [0.15, 0.2) is 59.5 Å². The van der Waals surface area contributed by atoms with Crippen LogP contribution in [-0.2, 0) is 15.6 Å². The SMILES string of the molecule is O=C(CCCCCS(=O)c1ccccc1)Nc1ccccc1O. The third-order valence-electron chi connectivity index (χ3n) is 3.42. The van der Waals surface area contributed by atoms with Crippen molar-refractivity contribution in [1.82, 2.24) is 0 Å². The number of nitrogens with one attached hydrogen (secondary N) is 1. The lowest BCUT2D eigenvalue weighted by atomic mass is 10.2. The van der Waals surface area contributed by atoms with Crippen molar-refractivity contribution in [2.24, 2.45) is 0 Å². The molecule has 0 radical (unpaired) electrons. The first-order valence-corrected chi connectivity index (χ1v) is 9.00. The zero-order chi connectivity index (χ0) is 16.5. The number of rotatable bonds is 8. The highest BCUT2D eigenvalue weighted by molar-refractivity contribution is 7.85. The van der Waals surface area contributed by atoms with Crippen LogP contribution in [0.3, 0.4) is 0 Å². The summed E-state index contributed by atoms with van der Waals surface area (Å²) in [4.78, 5) is 12.7. The molecule has 0 spiro atoms. The third kappa shape index (κ3) is 5.87. The van der Waals surface area contributed by atoms with Crippen LogP contribution in [0, 0.1) is 0 Å². The molecular formula is C18H21NO3S. The molecular weight excluding hydrogens is 310 g/mol. The molecule has 1 unspecified atom stereocenters. The van der Waals surface area contributed by atoms with Crippen LogP contribution < -0.4 is 5.32 Å². The Balaban J connectivity index is 1.63. The molecule has 0 heterocycles. The van der Waals surface area contributed by atoms with E-state index in [4.69, 9.17) is 0 Å². The first-order valence-electron chi connectivity index (χ1n) is 7.68. The molecule has 2 aromatic carbocycles. The number of phenolic OH excluding ortho intramolecular Hbond substituents is 1. The fourth-order valence-corrected chi connectivity index (χ4v) is 3.34. The molecule has 0 aromatic heterocycles. The minimum absolute atomic E-state index is 0.0686. The zero-order valence-electron chi connectivity index (χ0n) is 12.9. The van der Waals surface area contributed by atoms with Gasteiger partial charge in [0.1, 0.15) is 5.75 Å². The van der Waals surface area contributed by atoms with E-state index < -0.39 is 10.8 Å². The van der Waals surface area contributed by atoms with Crippen molar-refractivity contribution in [2.75, 3.05) is 11.1 Å². The second-order valence-corrected chi connectivity index (χ2v) is 6.81. The Hall–Kier alpha value is -2.14. The van der Waals surface area contributed by atoms with Gasteiger partial charge in [0.2, 0.25) is 5.91 Å². The number of amides is 1. The van der Waals surface area contributed by atoms with Crippen LogP contribution in [0.5, 0.6) is 5.75 Å². The Bertz CT molecular complexity index is 658. The van der Waals surface area contributed by atoms with E-state index in [1.807, 2.05) is 30.3 Å². The van der Waals surface area contributed by atoms with Crippen molar-refractivity contribution in [3.63, 3.8) is 0 Å². The summed E-state index contributed by atoms with van der Waals surface area (Å²) < 4.78 is 12.0. The highest BCUT2D eigenvalue weighted by Crippen LogP contribution is 2.21. The normalized spacial score (nSPS) is 11.8. The average Bonchev–Trinajstić information content (AvgIpc) is 2.57. The van der Waals surface area contributed by atoms with E-state index in [-0.39, 0.29) is 11.7 Å². The Morgan fingerprint density at radius 3 is 2.39 bits per heavy atom. The molecule has 5 heteroatoms.